The standard InChI is InChI=1S/C29H22N6O2/c36-28-24(20-10-1-2-11-20)30-34(31-25(28)21-12-3-4-13-21)18-9-19-35-32-26(22-14-5-6-15-22)29(37)27(33-35)23-16-7-8-17-23/h1-8,10-17H,9,18-19H2. The third-order valence-electron chi connectivity index (χ3n) is 6.18. The minimum absolute atomic E-state index is 0.198. The van der Waals surface area contributed by atoms with E-state index in [1.165, 1.54) is 0 Å². The van der Waals surface area contributed by atoms with E-state index in [1.54, 1.807) is 9.59 Å². The molecule has 8 nitrogen and oxygen atoms in total. The fourth-order valence-corrected chi connectivity index (χ4v) is 4.35. The van der Waals surface area contributed by atoms with Crippen molar-refractivity contribution in [2.45, 2.75) is 19.5 Å². The van der Waals surface area contributed by atoms with Crippen molar-refractivity contribution < 1.29 is 0 Å². The summed E-state index contributed by atoms with van der Waals surface area (Å²) in [5.41, 5.74) is 1.08. The van der Waals surface area contributed by atoms with Gasteiger partial charge in [0.25, 0.3) is 0 Å². The lowest BCUT2D eigenvalue weighted by atomic mass is 9.98. The first-order valence-electron chi connectivity index (χ1n) is 12.0. The average molecular weight is 487 g/mol. The lowest BCUT2D eigenvalue weighted by Gasteiger charge is -2.16. The maximum atomic E-state index is 13.2. The summed E-state index contributed by atoms with van der Waals surface area (Å²) in [6.45, 7) is 0.878. The van der Waals surface area contributed by atoms with Crippen LogP contribution in [-0.4, -0.2) is 30.0 Å². The van der Waals surface area contributed by atoms with Crippen molar-refractivity contribution in [2.75, 3.05) is 0 Å². The first kappa shape index (κ1) is 24.9. The maximum absolute atomic E-state index is 13.2. The van der Waals surface area contributed by atoms with Gasteiger partial charge in [-0.2, -0.15) is 30.0 Å². The van der Waals surface area contributed by atoms with Crippen LogP contribution >= 0.6 is 0 Å². The van der Waals surface area contributed by atoms with E-state index >= 15 is 0 Å². The fraction of sp³-hybridized carbons (Fsp3) is 0.103. The number of aromatic nitrogens is 6. The summed E-state index contributed by atoms with van der Waals surface area (Å²) in [7, 11) is 0. The van der Waals surface area contributed by atoms with Crippen LogP contribution < -0.4 is 10.9 Å². The maximum Gasteiger partial charge on any atom is 0.226 e. The molecule has 0 N–H and O–H groups in total. The van der Waals surface area contributed by atoms with Crippen molar-refractivity contribution in [3.05, 3.63) is 170 Å². The van der Waals surface area contributed by atoms with Crippen molar-refractivity contribution in [3.63, 3.8) is 0 Å². The number of nitrogens with zero attached hydrogens (tertiary/aromatic N) is 6. The van der Waals surface area contributed by atoms with Crippen LogP contribution in [0.25, 0.3) is 0 Å². The molecule has 6 rings (SSSR count). The Labute approximate surface area is 219 Å². The topological polar surface area (TPSA) is 95.6 Å². The van der Waals surface area contributed by atoms with Crippen LogP contribution in [0.15, 0.2) is 9.59 Å². The molecule has 0 atom stereocenters. The predicted molar refractivity (Wildman–Crippen MR) is 135 cm³/mol. The lowest BCUT2D eigenvalue weighted by molar-refractivity contribution is 0.410. The van der Waals surface area contributed by atoms with Crippen molar-refractivity contribution >= 4 is 0 Å². The summed E-state index contributed by atoms with van der Waals surface area (Å²) in [5.74, 6) is 3.04. The van der Waals surface area contributed by atoms with Crippen molar-refractivity contribution in [2.24, 2.45) is 0 Å². The molecule has 20 radical (unpaired) electrons. The zero-order chi connectivity index (χ0) is 25.2. The lowest BCUT2D eigenvalue weighted by Crippen LogP contribution is -2.30. The Morgan fingerprint density at radius 1 is 0.432 bits per heavy atom. The molecule has 0 spiro atoms. The van der Waals surface area contributed by atoms with Gasteiger partial charge in [0.15, 0.2) is 0 Å². The summed E-state index contributed by atoms with van der Waals surface area (Å²) >= 11 is 0. The molecule has 0 bridgehead atoms. The molecule has 37 heavy (non-hydrogen) atoms. The largest absolute Gasteiger partial charge is 0.286 e. The first-order chi connectivity index (χ1) is 18.2. The highest BCUT2D eigenvalue weighted by Crippen LogP contribution is 2.31. The van der Waals surface area contributed by atoms with Gasteiger partial charge in [-0.05, 0) is 109 Å². The molecule has 0 amide bonds. The Kier molecular flexibility index (Phi) is 7.52. The molecule has 2 aromatic rings. The van der Waals surface area contributed by atoms with Crippen LogP contribution in [0.3, 0.4) is 0 Å². The first-order valence-corrected chi connectivity index (χ1v) is 12.0. The Bertz CT molecular complexity index is 1020. The molecule has 0 saturated heterocycles. The molecule has 0 aliphatic heterocycles. The molecule has 4 aliphatic carbocycles. The minimum Gasteiger partial charge on any atom is -0.286 e. The van der Waals surface area contributed by atoms with Gasteiger partial charge in [0, 0.05) is 23.7 Å². The second kappa shape index (κ2) is 11.2. The molecular weight excluding hydrogens is 464 g/mol. The predicted octanol–water partition coefficient (Wildman–Crippen LogP) is 1.69. The van der Waals surface area contributed by atoms with E-state index in [2.05, 4.69) is 20.4 Å². The Morgan fingerprint density at radius 3 is 0.919 bits per heavy atom. The molecule has 4 fully saturated rings. The molecule has 2 aromatic heterocycles. The monoisotopic (exact) mass is 486 g/mol. The van der Waals surface area contributed by atoms with Crippen LogP contribution in [0.5, 0.6) is 0 Å². The highest BCUT2D eigenvalue weighted by molar-refractivity contribution is 5.52. The number of rotatable bonds is 8. The van der Waals surface area contributed by atoms with Gasteiger partial charge in [-0.25, -0.2) is 0 Å². The zero-order valence-electron chi connectivity index (χ0n) is 19.9. The van der Waals surface area contributed by atoms with E-state index in [0.717, 1.165) is 23.7 Å². The number of hydrogen-bond donors (Lipinski definition) is 0. The normalized spacial score (nSPS) is 22.1. The van der Waals surface area contributed by atoms with E-state index in [9.17, 15) is 9.59 Å². The number of hydrogen-bond acceptors (Lipinski definition) is 6. The van der Waals surface area contributed by atoms with Gasteiger partial charge in [0.2, 0.25) is 10.9 Å². The molecule has 0 aromatic carbocycles. The molecular formula is C29H22N6O2. The van der Waals surface area contributed by atoms with E-state index in [4.69, 9.17) is 0 Å². The van der Waals surface area contributed by atoms with Gasteiger partial charge in [0.1, 0.15) is 22.8 Å². The SMILES string of the molecule is O=c1c([C]2[CH][CH][CH][CH]2)nn(CCCn2nc([C]3[CH][CH][CH][CH]3)c(=O)c([C]3[CH][CH][CH][CH]3)n2)nc1[C]1[CH][CH][CH][CH]1. The van der Waals surface area contributed by atoms with E-state index in [1.807, 2.05) is 103 Å². The smallest absolute Gasteiger partial charge is 0.226 e. The van der Waals surface area contributed by atoms with Gasteiger partial charge in [-0.1, -0.05) is 0 Å². The highest BCUT2D eigenvalue weighted by atomic mass is 16.1. The van der Waals surface area contributed by atoms with Crippen LogP contribution in [0.1, 0.15) is 29.2 Å². The van der Waals surface area contributed by atoms with Crippen molar-refractivity contribution in [1.82, 2.24) is 30.0 Å². The van der Waals surface area contributed by atoms with Crippen LogP contribution in [-0.2, 0) is 13.1 Å². The molecule has 2 heterocycles. The third-order valence-corrected chi connectivity index (χ3v) is 6.18. The second-order valence-electron chi connectivity index (χ2n) is 8.69. The van der Waals surface area contributed by atoms with Crippen LogP contribution in [0.2, 0.25) is 0 Å². The summed E-state index contributed by atoms with van der Waals surface area (Å²) in [5, 5.41) is 18.2. The molecule has 4 saturated carbocycles. The average Bonchev–Trinajstić information content (AvgIpc) is 3.72. The molecule has 180 valence electrons. The van der Waals surface area contributed by atoms with E-state index < -0.39 is 0 Å². The zero-order valence-corrected chi connectivity index (χ0v) is 19.9. The molecule has 4 aliphatic rings. The summed E-state index contributed by atoms with van der Waals surface area (Å²) in [4.78, 5) is 29.4. The quantitative estimate of drug-likeness (QED) is 0.564. The van der Waals surface area contributed by atoms with E-state index in [0.29, 0.717) is 42.3 Å². The van der Waals surface area contributed by atoms with Crippen molar-refractivity contribution in [1.29, 1.82) is 0 Å². The fourth-order valence-electron chi connectivity index (χ4n) is 4.35. The highest BCUT2D eigenvalue weighted by Gasteiger charge is 2.31. The second-order valence-corrected chi connectivity index (χ2v) is 8.69. The third kappa shape index (κ3) is 5.30. The Hall–Kier alpha value is -2.38. The van der Waals surface area contributed by atoms with Crippen LogP contribution in [0, 0.1) is 126 Å². The summed E-state index contributed by atoms with van der Waals surface area (Å²) in [6.07, 6.45) is 30.6. The van der Waals surface area contributed by atoms with E-state index in [-0.39, 0.29) is 10.9 Å². The minimum atomic E-state index is -0.198. The number of aryl methyl sites for hydroxylation is 2. The van der Waals surface area contributed by atoms with Gasteiger partial charge < -0.3 is 0 Å². The van der Waals surface area contributed by atoms with Crippen molar-refractivity contribution in [3.8, 4) is 0 Å². The Morgan fingerprint density at radius 2 is 0.676 bits per heavy atom. The molecule has 8 heteroatoms. The van der Waals surface area contributed by atoms with Gasteiger partial charge in [0.05, 0.1) is 13.1 Å². The van der Waals surface area contributed by atoms with Crippen LogP contribution in [0.4, 0.5) is 0 Å². The Balaban J connectivity index is 1.23. The van der Waals surface area contributed by atoms with Gasteiger partial charge in [-0.15, -0.1) is 0 Å². The van der Waals surface area contributed by atoms with Gasteiger partial charge >= 0.3 is 0 Å². The summed E-state index contributed by atoms with van der Waals surface area (Å²) < 4.78 is 0. The summed E-state index contributed by atoms with van der Waals surface area (Å²) in [6, 6.07) is 0. The van der Waals surface area contributed by atoms with Gasteiger partial charge in [-0.3, -0.25) is 9.59 Å². The molecule has 0 unspecified atom stereocenters.